The second-order valence-electron chi connectivity index (χ2n) is 4.56. The van der Waals surface area contributed by atoms with E-state index in [1.54, 1.807) is 11.3 Å². The molecule has 18 heavy (non-hydrogen) atoms. The van der Waals surface area contributed by atoms with E-state index in [1.807, 2.05) is 6.07 Å². The van der Waals surface area contributed by atoms with E-state index >= 15 is 0 Å². The zero-order valence-electron chi connectivity index (χ0n) is 9.62. The lowest BCUT2D eigenvalue weighted by Gasteiger charge is -2.09. The van der Waals surface area contributed by atoms with Crippen molar-refractivity contribution >= 4 is 11.3 Å². The standard InChI is InChI=1S/C14H12F2OS/c15-10-4-9(5-11(16)7-10)14(17)13-6-8-2-1-3-12(8)18-13/h4-7,14,17H,1-3H2. The molecule has 94 valence electrons. The smallest absolute Gasteiger partial charge is 0.126 e. The van der Waals surface area contributed by atoms with Gasteiger partial charge in [0.1, 0.15) is 17.7 Å². The fraction of sp³-hybridized carbons (Fsp3) is 0.286. The third-order valence-corrected chi connectivity index (χ3v) is 4.53. The Labute approximate surface area is 108 Å². The van der Waals surface area contributed by atoms with Crippen LogP contribution in [0.2, 0.25) is 0 Å². The highest BCUT2D eigenvalue weighted by Crippen LogP contribution is 2.36. The summed E-state index contributed by atoms with van der Waals surface area (Å²) in [6.45, 7) is 0. The van der Waals surface area contributed by atoms with Gasteiger partial charge in [-0.2, -0.15) is 0 Å². The van der Waals surface area contributed by atoms with Gasteiger partial charge in [-0.1, -0.05) is 0 Å². The largest absolute Gasteiger partial charge is 0.383 e. The Morgan fingerprint density at radius 3 is 2.44 bits per heavy atom. The number of hydrogen-bond acceptors (Lipinski definition) is 2. The van der Waals surface area contributed by atoms with E-state index in [0.29, 0.717) is 0 Å². The minimum Gasteiger partial charge on any atom is -0.383 e. The second-order valence-corrected chi connectivity index (χ2v) is 5.72. The number of fused-ring (bicyclic) bond motifs is 1. The van der Waals surface area contributed by atoms with Gasteiger partial charge in [-0.3, -0.25) is 0 Å². The van der Waals surface area contributed by atoms with Crippen molar-refractivity contribution in [1.29, 1.82) is 0 Å². The first-order chi connectivity index (χ1) is 8.63. The predicted octanol–water partition coefficient (Wildman–Crippen LogP) is 3.60. The number of rotatable bonds is 2. The normalized spacial score (nSPS) is 15.7. The molecule has 4 heteroatoms. The molecule has 1 heterocycles. The van der Waals surface area contributed by atoms with Gasteiger partial charge in [0.25, 0.3) is 0 Å². The van der Waals surface area contributed by atoms with Gasteiger partial charge in [0, 0.05) is 15.8 Å². The zero-order chi connectivity index (χ0) is 12.7. The van der Waals surface area contributed by atoms with Crippen LogP contribution in [0.15, 0.2) is 24.3 Å². The first-order valence-electron chi connectivity index (χ1n) is 5.89. The highest BCUT2D eigenvalue weighted by Gasteiger charge is 2.20. The number of thiophene rings is 1. The summed E-state index contributed by atoms with van der Waals surface area (Å²) in [5, 5.41) is 10.2. The van der Waals surface area contributed by atoms with Crippen LogP contribution in [0.4, 0.5) is 8.78 Å². The van der Waals surface area contributed by atoms with Crippen LogP contribution in [-0.2, 0) is 12.8 Å². The van der Waals surface area contributed by atoms with Crippen molar-refractivity contribution in [3.8, 4) is 0 Å². The minimum atomic E-state index is -0.939. The van der Waals surface area contributed by atoms with Gasteiger partial charge in [0.2, 0.25) is 0 Å². The predicted molar refractivity (Wildman–Crippen MR) is 66.8 cm³/mol. The monoisotopic (exact) mass is 266 g/mol. The highest BCUT2D eigenvalue weighted by molar-refractivity contribution is 7.12. The molecule has 1 unspecified atom stereocenters. The van der Waals surface area contributed by atoms with Crippen LogP contribution >= 0.6 is 11.3 Å². The average molecular weight is 266 g/mol. The van der Waals surface area contributed by atoms with Gasteiger partial charge >= 0.3 is 0 Å². The van der Waals surface area contributed by atoms with E-state index in [0.717, 1.165) is 30.2 Å². The van der Waals surface area contributed by atoms with Crippen molar-refractivity contribution in [2.75, 3.05) is 0 Å². The zero-order valence-corrected chi connectivity index (χ0v) is 10.4. The molecule has 0 radical (unpaired) electrons. The molecule has 1 aliphatic carbocycles. The first-order valence-corrected chi connectivity index (χ1v) is 6.70. The highest BCUT2D eigenvalue weighted by atomic mass is 32.1. The van der Waals surface area contributed by atoms with E-state index in [1.165, 1.54) is 22.6 Å². The van der Waals surface area contributed by atoms with Crippen LogP contribution in [0, 0.1) is 11.6 Å². The minimum absolute atomic E-state index is 0.271. The Morgan fingerprint density at radius 1 is 1.06 bits per heavy atom. The molecule has 0 saturated carbocycles. The van der Waals surface area contributed by atoms with E-state index in [-0.39, 0.29) is 5.56 Å². The van der Waals surface area contributed by atoms with Crippen LogP contribution < -0.4 is 0 Å². The quantitative estimate of drug-likeness (QED) is 0.880. The Bertz CT molecular complexity index is 550. The summed E-state index contributed by atoms with van der Waals surface area (Å²) >= 11 is 1.54. The van der Waals surface area contributed by atoms with Gasteiger partial charge in [-0.15, -0.1) is 11.3 Å². The maximum Gasteiger partial charge on any atom is 0.126 e. The van der Waals surface area contributed by atoms with Crippen LogP contribution in [-0.4, -0.2) is 5.11 Å². The summed E-state index contributed by atoms with van der Waals surface area (Å²) < 4.78 is 26.2. The van der Waals surface area contributed by atoms with Crippen molar-refractivity contribution in [2.24, 2.45) is 0 Å². The molecular weight excluding hydrogens is 254 g/mol. The van der Waals surface area contributed by atoms with Gasteiger partial charge in [-0.25, -0.2) is 8.78 Å². The van der Waals surface area contributed by atoms with Crippen molar-refractivity contribution in [3.05, 3.63) is 56.8 Å². The number of aliphatic hydroxyl groups excluding tert-OH is 1. The van der Waals surface area contributed by atoms with Crippen molar-refractivity contribution in [3.63, 3.8) is 0 Å². The molecule has 0 saturated heterocycles. The Kier molecular flexibility index (Phi) is 2.92. The number of aryl methyl sites for hydroxylation is 2. The molecule has 1 aromatic carbocycles. The molecular formula is C14H12F2OS. The van der Waals surface area contributed by atoms with Crippen molar-refractivity contribution < 1.29 is 13.9 Å². The summed E-state index contributed by atoms with van der Waals surface area (Å²) in [5.41, 5.74) is 1.54. The third-order valence-electron chi connectivity index (χ3n) is 3.24. The fourth-order valence-corrected chi connectivity index (χ4v) is 3.66. The number of aliphatic hydroxyl groups is 1. The van der Waals surface area contributed by atoms with Crippen molar-refractivity contribution in [1.82, 2.24) is 0 Å². The van der Waals surface area contributed by atoms with E-state index < -0.39 is 17.7 Å². The number of hydrogen-bond donors (Lipinski definition) is 1. The molecule has 1 nitrogen and oxygen atoms in total. The first kappa shape index (κ1) is 11.8. The maximum atomic E-state index is 13.1. The topological polar surface area (TPSA) is 20.2 Å². The molecule has 0 fully saturated rings. The van der Waals surface area contributed by atoms with Crippen LogP contribution in [0.1, 0.15) is 33.4 Å². The molecule has 1 aliphatic rings. The third kappa shape index (κ3) is 2.06. The summed E-state index contributed by atoms with van der Waals surface area (Å²) in [6.07, 6.45) is 2.30. The molecule has 3 rings (SSSR count). The van der Waals surface area contributed by atoms with E-state index in [4.69, 9.17) is 0 Å². The number of benzene rings is 1. The van der Waals surface area contributed by atoms with Crippen LogP contribution in [0.25, 0.3) is 0 Å². The molecule has 2 aromatic rings. The SMILES string of the molecule is OC(c1cc(F)cc(F)c1)c1cc2c(s1)CCC2. The molecule has 0 amide bonds. The van der Waals surface area contributed by atoms with Gasteiger partial charge in [0.05, 0.1) is 0 Å². The fourth-order valence-electron chi connectivity index (χ4n) is 2.38. The van der Waals surface area contributed by atoms with E-state index in [9.17, 15) is 13.9 Å². The van der Waals surface area contributed by atoms with Gasteiger partial charge in [-0.05, 0) is 48.6 Å². The van der Waals surface area contributed by atoms with Crippen LogP contribution in [0.3, 0.4) is 0 Å². The van der Waals surface area contributed by atoms with E-state index in [2.05, 4.69) is 0 Å². The Hall–Kier alpha value is -1.26. The molecule has 0 aliphatic heterocycles. The van der Waals surface area contributed by atoms with Crippen molar-refractivity contribution in [2.45, 2.75) is 25.4 Å². The lowest BCUT2D eigenvalue weighted by atomic mass is 10.1. The molecule has 1 atom stereocenters. The summed E-state index contributed by atoms with van der Waals surface area (Å²) in [5.74, 6) is -1.32. The second kappa shape index (κ2) is 4.44. The lowest BCUT2D eigenvalue weighted by Crippen LogP contribution is -1.99. The molecule has 1 aromatic heterocycles. The summed E-state index contributed by atoms with van der Waals surface area (Å²) in [4.78, 5) is 2.06. The molecule has 1 N–H and O–H groups in total. The summed E-state index contributed by atoms with van der Waals surface area (Å²) in [7, 11) is 0. The van der Waals surface area contributed by atoms with Crippen LogP contribution in [0.5, 0.6) is 0 Å². The average Bonchev–Trinajstić information content (AvgIpc) is 2.86. The summed E-state index contributed by atoms with van der Waals surface area (Å²) in [6, 6.07) is 5.13. The Morgan fingerprint density at radius 2 is 1.78 bits per heavy atom. The molecule has 0 spiro atoms. The maximum absolute atomic E-state index is 13.1. The number of halogens is 2. The van der Waals surface area contributed by atoms with Gasteiger partial charge in [0.15, 0.2) is 0 Å². The van der Waals surface area contributed by atoms with Gasteiger partial charge < -0.3 is 5.11 Å². The lowest BCUT2D eigenvalue weighted by molar-refractivity contribution is 0.223. The Balaban J connectivity index is 1.95. The molecule has 0 bridgehead atoms.